The summed E-state index contributed by atoms with van der Waals surface area (Å²) >= 11 is 1.45. The summed E-state index contributed by atoms with van der Waals surface area (Å²) < 4.78 is 0. The van der Waals surface area contributed by atoms with Gasteiger partial charge in [-0.05, 0) is 19.1 Å². The van der Waals surface area contributed by atoms with Crippen LogP contribution in [0.2, 0.25) is 0 Å². The van der Waals surface area contributed by atoms with E-state index < -0.39 is 12.0 Å². The van der Waals surface area contributed by atoms with E-state index in [9.17, 15) is 4.79 Å². The molecule has 2 heterocycles. The molecule has 0 aliphatic carbocycles. The number of thiazole rings is 1. The number of hydrogen-bond donors (Lipinski definition) is 2. The zero-order chi connectivity index (χ0) is 12.3. The highest BCUT2D eigenvalue weighted by molar-refractivity contribution is 7.13. The van der Waals surface area contributed by atoms with Gasteiger partial charge in [0, 0.05) is 23.3 Å². The van der Waals surface area contributed by atoms with Gasteiger partial charge in [-0.1, -0.05) is 0 Å². The summed E-state index contributed by atoms with van der Waals surface area (Å²) in [7, 11) is 0. The average molecular weight is 249 g/mol. The number of pyridine rings is 1. The van der Waals surface area contributed by atoms with Crippen molar-refractivity contribution in [2.45, 2.75) is 13.0 Å². The highest BCUT2D eigenvalue weighted by atomic mass is 32.1. The van der Waals surface area contributed by atoms with E-state index in [0.29, 0.717) is 5.82 Å². The molecule has 0 amide bonds. The van der Waals surface area contributed by atoms with Crippen molar-refractivity contribution >= 4 is 23.1 Å². The van der Waals surface area contributed by atoms with Crippen LogP contribution in [0.25, 0.3) is 10.6 Å². The summed E-state index contributed by atoms with van der Waals surface area (Å²) in [5, 5.41) is 14.2. The second kappa shape index (κ2) is 4.92. The van der Waals surface area contributed by atoms with E-state index in [1.54, 1.807) is 24.7 Å². The average Bonchev–Trinajstić information content (AvgIpc) is 2.78. The Balaban J connectivity index is 2.14. The molecule has 0 aliphatic heterocycles. The standard InChI is InChI=1S/C11H11N3O2S/c1-7(11(15)16)13-9-6-17-10(14-9)8-3-2-4-12-5-8/h2-7,13H,1H3,(H,15,16)/t7-/m0/s1. The van der Waals surface area contributed by atoms with Gasteiger partial charge in [0.1, 0.15) is 16.9 Å². The van der Waals surface area contributed by atoms with Gasteiger partial charge in [-0.3, -0.25) is 9.78 Å². The summed E-state index contributed by atoms with van der Waals surface area (Å²) in [5.41, 5.74) is 0.925. The Morgan fingerprint density at radius 2 is 2.41 bits per heavy atom. The van der Waals surface area contributed by atoms with Gasteiger partial charge >= 0.3 is 5.97 Å². The third-order valence-electron chi connectivity index (χ3n) is 2.15. The van der Waals surface area contributed by atoms with E-state index in [1.807, 2.05) is 12.1 Å². The van der Waals surface area contributed by atoms with Crippen LogP contribution in [0.1, 0.15) is 6.92 Å². The molecule has 2 aromatic rings. The molecule has 0 saturated heterocycles. The topological polar surface area (TPSA) is 75.1 Å². The summed E-state index contributed by atoms with van der Waals surface area (Å²) in [6.45, 7) is 1.57. The molecule has 88 valence electrons. The number of anilines is 1. The van der Waals surface area contributed by atoms with Crippen LogP contribution in [0.4, 0.5) is 5.82 Å². The van der Waals surface area contributed by atoms with Gasteiger partial charge < -0.3 is 10.4 Å². The monoisotopic (exact) mass is 249 g/mol. The molecule has 1 atom stereocenters. The lowest BCUT2D eigenvalue weighted by Crippen LogP contribution is -2.25. The summed E-state index contributed by atoms with van der Waals surface area (Å²) in [5.74, 6) is -0.329. The third kappa shape index (κ3) is 2.79. The van der Waals surface area contributed by atoms with Crippen LogP contribution in [0.5, 0.6) is 0 Å². The lowest BCUT2D eigenvalue weighted by molar-refractivity contribution is -0.137. The van der Waals surface area contributed by atoms with Gasteiger partial charge in [-0.25, -0.2) is 4.98 Å². The molecular weight excluding hydrogens is 238 g/mol. The zero-order valence-electron chi connectivity index (χ0n) is 9.12. The minimum absolute atomic E-state index is 0.573. The lowest BCUT2D eigenvalue weighted by Gasteiger charge is -2.06. The first-order chi connectivity index (χ1) is 8.16. The second-order valence-electron chi connectivity index (χ2n) is 3.48. The maximum Gasteiger partial charge on any atom is 0.325 e. The summed E-state index contributed by atoms with van der Waals surface area (Å²) in [6.07, 6.45) is 3.42. The minimum atomic E-state index is -0.902. The molecule has 2 N–H and O–H groups in total. The molecule has 0 aliphatic rings. The van der Waals surface area contributed by atoms with E-state index in [1.165, 1.54) is 11.3 Å². The van der Waals surface area contributed by atoms with Crippen LogP contribution >= 0.6 is 11.3 Å². The number of nitrogens with zero attached hydrogens (tertiary/aromatic N) is 2. The van der Waals surface area contributed by atoms with Crippen molar-refractivity contribution in [2.24, 2.45) is 0 Å². The SMILES string of the molecule is C[C@H](Nc1csc(-c2cccnc2)n1)C(=O)O. The van der Waals surface area contributed by atoms with Gasteiger partial charge in [0.05, 0.1) is 0 Å². The Morgan fingerprint density at radius 3 is 3.06 bits per heavy atom. The van der Waals surface area contributed by atoms with Crippen LogP contribution in [-0.2, 0) is 4.79 Å². The Bertz CT molecular complexity index is 512. The van der Waals surface area contributed by atoms with E-state index in [2.05, 4.69) is 15.3 Å². The highest BCUT2D eigenvalue weighted by Crippen LogP contribution is 2.25. The largest absolute Gasteiger partial charge is 0.480 e. The minimum Gasteiger partial charge on any atom is -0.480 e. The molecule has 5 nitrogen and oxygen atoms in total. The number of aliphatic carboxylic acids is 1. The van der Waals surface area contributed by atoms with E-state index in [4.69, 9.17) is 5.11 Å². The van der Waals surface area contributed by atoms with Crippen LogP contribution in [0.15, 0.2) is 29.9 Å². The molecule has 0 bridgehead atoms. The van der Waals surface area contributed by atoms with E-state index in [-0.39, 0.29) is 0 Å². The molecule has 0 spiro atoms. The van der Waals surface area contributed by atoms with Gasteiger partial charge in [-0.2, -0.15) is 0 Å². The highest BCUT2D eigenvalue weighted by Gasteiger charge is 2.12. The van der Waals surface area contributed by atoms with Gasteiger partial charge in [-0.15, -0.1) is 11.3 Å². The molecule has 0 radical (unpaired) electrons. The number of hydrogen-bond acceptors (Lipinski definition) is 5. The lowest BCUT2D eigenvalue weighted by atomic mass is 10.3. The predicted octanol–water partition coefficient (Wildman–Crippen LogP) is 2.09. The fraction of sp³-hybridized carbons (Fsp3) is 0.182. The molecule has 17 heavy (non-hydrogen) atoms. The Labute approximate surface area is 102 Å². The number of carboxylic acids is 1. The zero-order valence-corrected chi connectivity index (χ0v) is 9.94. The summed E-state index contributed by atoms with van der Waals surface area (Å²) in [6, 6.07) is 3.10. The number of rotatable bonds is 4. The maximum atomic E-state index is 10.7. The first kappa shape index (κ1) is 11.5. The van der Waals surface area contributed by atoms with Crippen LogP contribution in [0.3, 0.4) is 0 Å². The number of carboxylic acid groups (broad SMARTS) is 1. The fourth-order valence-electron chi connectivity index (χ4n) is 1.25. The van der Waals surface area contributed by atoms with Crippen LogP contribution < -0.4 is 5.32 Å². The van der Waals surface area contributed by atoms with Gasteiger partial charge in [0.2, 0.25) is 0 Å². The molecule has 0 saturated carbocycles. The Morgan fingerprint density at radius 1 is 1.59 bits per heavy atom. The smallest absolute Gasteiger partial charge is 0.325 e. The molecule has 2 aromatic heterocycles. The molecule has 0 unspecified atom stereocenters. The number of carbonyl (C=O) groups is 1. The van der Waals surface area contributed by atoms with Crippen molar-refractivity contribution in [2.75, 3.05) is 5.32 Å². The van der Waals surface area contributed by atoms with Crippen molar-refractivity contribution in [1.29, 1.82) is 0 Å². The molecule has 6 heteroatoms. The van der Waals surface area contributed by atoms with Crippen molar-refractivity contribution in [3.8, 4) is 10.6 Å². The normalized spacial score (nSPS) is 12.1. The fourth-order valence-corrected chi connectivity index (χ4v) is 2.00. The van der Waals surface area contributed by atoms with E-state index >= 15 is 0 Å². The van der Waals surface area contributed by atoms with Crippen molar-refractivity contribution in [3.05, 3.63) is 29.9 Å². The summed E-state index contributed by atoms with van der Waals surface area (Å²) in [4.78, 5) is 19.0. The van der Waals surface area contributed by atoms with Crippen LogP contribution in [0, 0.1) is 0 Å². The molecule has 2 rings (SSSR count). The van der Waals surface area contributed by atoms with Crippen molar-refractivity contribution in [3.63, 3.8) is 0 Å². The number of nitrogens with one attached hydrogen (secondary N) is 1. The predicted molar refractivity (Wildman–Crippen MR) is 66.1 cm³/mol. The number of aromatic nitrogens is 2. The van der Waals surface area contributed by atoms with Gasteiger partial charge in [0.15, 0.2) is 0 Å². The van der Waals surface area contributed by atoms with Crippen molar-refractivity contribution in [1.82, 2.24) is 9.97 Å². The van der Waals surface area contributed by atoms with E-state index in [0.717, 1.165) is 10.6 Å². The molecular formula is C11H11N3O2S. The second-order valence-corrected chi connectivity index (χ2v) is 4.34. The quantitative estimate of drug-likeness (QED) is 0.867. The first-order valence-corrected chi connectivity index (χ1v) is 5.90. The Kier molecular flexibility index (Phi) is 3.34. The maximum absolute atomic E-state index is 10.7. The van der Waals surface area contributed by atoms with Crippen molar-refractivity contribution < 1.29 is 9.90 Å². The van der Waals surface area contributed by atoms with Gasteiger partial charge in [0.25, 0.3) is 0 Å². The Hall–Kier alpha value is -1.95. The first-order valence-electron chi connectivity index (χ1n) is 5.02. The third-order valence-corrected chi connectivity index (χ3v) is 3.04. The van der Waals surface area contributed by atoms with Crippen LogP contribution in [-0.4, -0.2) is 27.1 Å². The molecule has 0 fully saturated rings. The molecule has 0 aromatic carbocycles.